The molecule has 1 aliphatic carbocycles. The molecule has 4 nitrogen and oxygen atoms in total. The predicted octanol–water partition coefficient (Wildman–Crippen LogP) is 0.673. The van der Waals surface area contributed by atoms with E-state index in [1.807, 2.05) is 6.92 Å². The Morgan fingerprint density at radius 2 is 2.36 bits per heavy atom. The highest BCUT2D eigenvalue weighted by molar-refractivity contribution is 5.21. The summed E-state index contributed by atoms with van der Waals surface area (Å²) in [6.07, 6.45) is 4.70. The zero-order valence-electron chi connectivity index (χ0n) is 8.29. The average molecular weight is 193 g/mol. The first-order chi connectivity index (χ1) is 6.70. The molecular weight excluding hydrogens is 178 g/mol. The monoisotopic (exact) mass is 193 g/mol. The van der Waals surface area contributed by atoms with Crippen molar-refractivity contribution in [3.8, 4) is 0 Å². The molecule has 1 aliphatic rings. The molecule has 0 aromatic carbocycles. The summed E-state index contributed by atoms with van der Waals surface area (Å²) in [4.78, 5) is 18.2. The van der Waals surface area contributed by atoms with Crippen LogP contribution in [0.1, 0.15) is 36.4 Å². The number of hydrogen-bond donors (Lipinski definition) is 2. The molecule has 1 saturated carbocycles. The highest BCUT2D eigenvalue weighted by Gasteiger charge is 2.28. The summed E-state index contributed by atoms with van der Waals surface area (Å²) in [5.74, 6) is 0.275. The molecule has 0 bridgehead atoms. The molecule has 0 saturated heterocycles. The molecular formula is C10H15N3O. The van der Waals surface area contributed by atoms with Crippen LogP contribution in [-0.4, -0.2) is 16.0 Å². The van der Waals surface area contributed by atoms with Crippen molar-refractivity contribution in [3.05, 3.63) is 27.9 Å². The number of nitrogens with two attached hydrogens (primary N) is 1. The van der Waals surface area contributed by atoms with E-state index in [0.717, 1.165) is 30.5 Å². The zero-order chi connectivity index (χ0) is 10.1. The lowest BCUT2D eigenvalue weighted by atomic mass is 9.97. The maximum atomic E-state index is 11.4. The average Bonchev–Trinajstić information content (AvgIpc) is 2.57. The summed E-state index contributed by atoms with van der Waals surface area (Å²) in [7, 11) is 0. The normalized spacial score (nSPS) is 26.7. The largest absolute Gasteiger partial charge is 0.327 e. The molecule has 1 aromatic rings. The van der Waals surface area contributed by atoms with Gasteiger partial charge in [0.25, 0.3) is 5.56 Å². The Bertz CT molecular complexity index is 385. The van der Waals surface area contributed by atoms with Crippen LogP contribution in [-0.2, 0) is 0 Å². The van der Waals surface area contributed by atoms with Gasteiger partial charge in [-0.1, -0.05) is 6.42 Å². The molecule has 2 rings (SSSR count). The van der Waals surface area contributed by atoms with Gasteiger partial charge < -0.3 is 10.7 Å². The number of aromatic amines is 1. The maximum absolute atomic E-state index is 11.4. The lowest BCUT2D eigenvalue weighted by molar-refractivity contribution is 0.592. The van der Waals surface area contributed by atoms with E-state index in [0.29, 0.717) is 0 Å². The molecule has 2 atom stereocenters. The maximum Gasteiger partial charge on any atom is 0.253 e. The molecule has 0 spiro atoms. The Morgan fingerprint density at radius 3 is 3.00 bits per heavy atom. The van der Waals surface area contributed by atoms with Crippen LogP contribution in [0.2, 0.25) is 0 Å². The molecule has 1 heterocycles. The van der Waals surface area contributed by atoms with Gasteiger partial charge in [0.2, 0.25) is 0 Å². The SMILES string of the molecule is Cc1c(C2CCCC2N)nc[nH]c1=O. The summed E-state index contributed by atoms with van der Waals surface area (Å²) in [5, 5.41) is 0. The number of H-pyrrole nitrogens is 1. The molecule has 14 heavy (non-hydrogen) atoms. The van der Waals surface area contributed by atoms with Gasteiger partial charge in [0.05, 0.1) is 12.0 Å². The topological polar surface area (TPSA) is 71.8 Å². The lowest BCUT2D eigenvalue weighted by Crippen LogP contribution is -2.26. The minimum absolute atomic E-state index is 0.0471. The second kappa shape index (κ2) is 3.53. The predicted molar refractivity (Wildman–Crippen MR) is 54.2 cm³/mol. The van der Waals surface area contributed by atoms with E-state index in [9.17, 15) is 4.79 Å². The minimum atomic E-state index is -0.0471. The number of rotatable bonds is 1. The molecule has 0 amide bonds. The first-order valence-electron chi connectivity index (χ1n) is 5.00. The van der Waals surface area contributed by atoms with Crippen molar-refractivity contribution in [1.82, 2.24) is 9.97 Å². The smallest absolute Gasteiger partial charge is 0.253 e. The molecule has 76 valence electrons. The van der Waals surface area contributed by atoms with Crippen molar-refractivity contribution in [3.63, 3.8) is 0 Å². The fourth-order valence-electron chi connectivity index (χ4n) is 2.18. The van der Waals surface area contributed by atoms with E-state index in [1.54, 1.807) is 0 Å². The Labute approximate surface area is 82.6 Å². The first kappa shape index (κ1) is 9.40. The number of nitrogens with one attached hydrogen (secondary N) is 1. The van der Waals surface area contributed by atoms with Crippen LogP contribution in [0, 0.1) is 6.92 Å². The highest BCUT2D eigenvalue weighted by atomic mass is 16.1. The van der Waals surface area contributed by atoms with Gasteiger partial charge >= 0.3 is 0 Å². The molecule has 1 aromatic heterocycles. The Kier molecular flexibility index (Phi) is 2.37. The van der Waals surface area contributed by atoms with Crippen molar-refractivity contribution in [1.29, 1.82) is 0 Å². The zero-order valence-corrected chi connectivity index (χ0v) is 8.29. The van der Waals surface area contributed by atoms with Gasteiger partial charge in [0.1, 0.15) is 0 Å². The Balaban J connectivity index is 2.41. The van der Waals surface area contributed by atoms with Crippen molar-refractivity contribution >= 4 is 0 Å². The molecule has 3 N–H and O–H groups in total. The van der Waals surface area contributed by atoms with Crippen molar-refractivity contribution in [2.24, 2.45) is 5.73 Å². The molecule has 1 fully saturated rings. The Hall–Kier alpha value is -1.16. The number of nitrogens with zero attached hydrogens (tertiary/aromatic N) is 1. The third kappa shape index (κ3) is 1.46. The number of hydrogen-bond acceptors (Lipinski definition) is 3. The van der Waals surface area contributed by atoms with E-state index in [4.69, 9.17) is 5.73 Å². The van der Waals surface area contributed by atoms with Gasteiger partial charge in [-0.05, 0) is 19.8 Å². The fourth-order valence-corrected chi connectivity index (χ4v) is 2.18. The van der Waals surface area contributed by atoms with E-state index < -0.39 is 0 Å². The second-order valence-electron chi connectivity index (χ2n) is 3.94. The van der Waals surface area contributed by atoms with Crippen molar-refractivity contribution in [2.45, 2.75) is 38.1 Å². The third-order valence-electron chi connectivity index (χ3n) is 3.04. The van der Waals surface area contributed by atoms with Crippen LogP contribution >= 0.6 is 0 Å². The van der Waals surface area contributed by atoms with Crippen LogP contribution in [0.5, 0.6) is 0 Å². The first-order valence-corrected chi connectivity index (χ1v) is 5.00. The summed E-state index contributed by atoms with van der Waals surface area (Å²) >= 11 is 0. The van der Waals surface area contributed by atoms with Crippen molar-refractivity contribution < 1.29 is 0 Å². The highest BCUT2D eigenvalue weighted by Crippen LogP contribution is 2.32. The van der Waals surface area contributed by atoms with Crippen LogP contribution in [0.15, 0.2) is 11.1 Å². The van der Waals surface area contributed by atoms with Gasteiger partial charge in [0, 0.05) is 17.5 Å². The van der Waals surface area contributed by atoms with Crippen LogP contribution in [0.25, 0.3) is 0 Å². The van der Waals surface area contributed by atoms with Crippen LogP contribution in [0.4, 0.5) is 0 Å². The molecule has 0 radical (unpaired) electrons. The van der Waals surface area contributed by atoms with Crippen molar-refractivity contribution in [2.75, 3.05) is 0 Å². The second-order valence-corrected chi connectivity index (χ2v) is 3.94. The molecule has 0 aliphatic heterocycles. The summed E-state index contributed by atoms with van der Waals surface area (Å²) in [5.41, 5.74) is 7.54. The van der Waals surface area contributed by atoms with E-state index in [2.05, 4.69) is 9.97 Å². The third-order valence-corrected chi connectivity index (χ3v) is 3.04. The quantitative estimate of drug-likeness (QED) is 0.688. The lowest BCUT2D eigenvalue weighted by Gasteiger charge is -2.15. The van der Waals surface area contributed by atoms with Gasteiger partial charge in [-0.3, -0.25) is 4.79 Å². The summed E-state index contributed by atoms with van der Waals surface area (Å²) in [6, 6.07) is 0.169. The van der Waals surface area contributed by atoms with E-state index in [-0.39, 0.29) is 17.5 Å². The van der Waals surface area contributed by atoms with Gasteiger partial charge in [-0.2, -0.15) is 0 Å². The molecule has 4 heteroatoms. The minimum Gasteiger partial charge on any atom is -0.327 e. The van der Waals surface area contributed by atoms with Gasteiger partial charge in [0.15, 0.2) is 0 Å². The van der Waals surface area contributed by atoms with E-state index >= 15 is 0 Å². The van der Waals surface area contributed by atoms with Crippen LogP contribution < -0.4 is 11.3 Å². The van der Waals surface area contributed by atoms with E-state index in [1.165, 1.54) is 6.33 Å². The number of aromatic nitrogens is 2. The fraction of sp³-hybridized carbons (Fsp3) is 0.600. The van der Waals surface area contributed by atoms with Gasteiger partial charge in [-0.15, -0.1) is 0 Å². The summed E-state index contributed by atoms with van der Waals surface area (Å²) < 4.78 is 0. The standard InChI is InChI=1S/C10H15N3O/c1-6-9(12-5-13-10(6)14)7-3-2-4-8(7)11/h5,7-8H,2-4,11H2,1H3,(H,12,13,14). The van der Waals surface area contributed by atoms with Crippen LogP contribution in [0.3, 0.4) is 0 Å². The Morgan fingerprint density at radius 1 is 1.57 bits per heavy atom. The van der Waals surface area contributed by atoms with Gasteiger partial charge in [-0.25, -0.2) is 4.98 Å². The molecule has 2 unspecified atom stereocenters. The summed E-state index contributed by atoms with van der Waals surface area (Å²) in [6.45, 7) is 1.81.